The smallest absolute Gasteiger partial charge is 0.138 e. The number of nitrogens with zero attached hydrogens (tertiary/aromatic N) is 3. The van der Waals surface area contributed by atoms with Crippen LogP contribution in [0.3, 0.4) is 0 Å². The maximum atomic E-state index is 13.3. The van der Waals surface area contributed by atoms with Crippen molar-refractivity contribution in [3.63, 3.8) is 0 Å². The molecule has 1 heterocycles. The Labute approximate surface area is 125 Å². The van der Waals surface area contributed by atoms with Crippen LogP contribution in [0, 0.1) is 12.7 Å². The van der Waals surface area contributed by atoms with E-state index >= 15 is 0 Å². The lowest BCUT2D eigenvalue weighted by atomic mass is 9.98. The first-order valence-corrected chi connectivity index (χ1v) is 7.40. The Bertz CT molecular complexity index is 592. The lowest BCUT2D eigenvalue weighted by molar-refractivity contribution is 0.467. The van der Waals surface area contributed by atoms with Crippen molar-refractivity contribution in [2.45, 2.75) is 46.2 Å². The van der Waals surface area contributed by atoms with Gasteiger partial charge in [0.05, 0.1) is 0 Å². The van der Waals surface area contributed by atoms with E-state index in [1.54, 1.807) is 12.4 Å². The monoisotopic (exact) mass is 290 g/mol. The molecule has 0 saturated carbocycles. The number of benzene rings is 1. The fraction of sp³-hybridized carbons (Fsp3) is 0.500. The van der Waals surface area contributed by atoms with Crippen LogP contribution in [0.1, 0.15) is 49.8 Å². The number of likely N-dealkylation sites (N-methyl/N-ethyl adjacent to an activating group) is 1. The van der Waals surface area contributed by atoms with Crippen molar-refractivity contribution in [3.05, 3.63) is 47.3 Å². The van der Waals surface area contributed by atoms with Gasteiger partial charge in [0.15, 0.2) is 0 Å². The van der Waals surface area contributed by atoms with Gasteiger partial charge < -0.3 is 5.32 Å². The summed E-state index contributed by atoms with van der Waals surface area (Å²) in [5, 5.41) is 7.74. The lowest BCUT2D eigenvalue weighted by Gasteiger charge is -2.21. The van der Waals surface area contributed by atoms with Crippen LogP contribution >= 0.6 is 0 Å². The maximum Gasteiger partial charge on any atom is 0.138 e. The molecule has 5 heteroatoms. The Hall–Kier alpha value is -1.75. The van der Waals surface area contributed by atoms with Gasteiger partial charge in [-0.1, -0.05) is 13.0 Å². The standard InChI is InChI=1S/C16H23FN4/c1-5-18-15(14-7-6-13(17)8-12(14)4)9-16-19-10-20-21(16)11(2)3/h6-8,10-11,15,18H,5,9H2,1-4H3. The second-order valence-corrected chi connectivity index (χ2v) is 5.53. The molecule has 0 bridgehead atoms. The van der Waals surface area contributed by atoms with Crippen molar-refractivity contribution in [3.8, 4) is 0 Å². The summed E-state index contributed by atoms with van der Waals surface area (Å²) in [4.78, 5) is 4.37. The molecule has 114 valence electrons. The molecule has 0 saturated heterocycles. The van der Waals surface area contributed by atoms with Crippen LogP contribution in [0.15, 0.2) is 24.5 Å². The molecular weight excluding hydrogens is 267 g/mol. The summed E-state index contributed by atoms with van der Waals surface area (Å²) in [5.41, 5.74) is 2.06. The number of aromatic nitrogens is 3. The molecule has 2 aromatic rings. The first kappa shape index (κ1) is 15.6. The highest BCUT2D eigenvalue weighted by molar-refractivity contribution is 5.30. The van der Waals surface area contributed by atoms with Gasteiger partial charge in [0.1, 0.15) is 18.0 Å². The molecule has 1 N–H and O–H groups in total. The van der Waals surface area contributed by atoms with E-state index in [9.17, 15) is 4.39 Å². The van der Waals surface area contributed by atoms with Gasteiger partial charge in [-0.15, -0.1) is 0 Å². The molecular formula is C16H23FN4. The Balaban J connectivity index is 2.28. The number of hydrogen-bond acceptors (Lipinski definition) is 3. The van der Waals surface area contributed by atoms with Crippen molar-refractivity contribution < 1.29 is 4.39 Å². The molecule has 0 spiro atoms. The minimum absolute atomic E-state index is 0.109. The Morgan fingerprint density at radius 3 is 2.71 bits per heavy atom. The highest BCUT2D eigenvalue weighted by Gasteiger charge is 2.18. The van der Waals surface area contributed by atoms with E-state index in [0.717, 1.165) is 29.9 Å². The summed E-state index contributed by atoms with van der Waals surface area (Å²) in [6, 6.07) is 5.33. The minimum atomic E-state index is -0.197. The quantitative estimate of drug-likeness (QED) is 0.888. The average molecular weight is 290 g/mol. The Kier molecular flexibility index (Phi) is 5.07. The number of nitrogens with one attached hydrogen (secondary N) is 1. The second-order valence-electron chi connectivity index (χ2n) is 5.53. The molecule has 1 unspecified atom stereocenters. The molecule has 1 aromatic carbocycles. The zero-order valence-corrected chi connectivity index (χ0v) is 13.1. The van der Waals surface area contributed by atoms with E-state index in [0.29, 0.717) is 0 Å². The minimum Gasteiger partial charge on any atom is -0.310 e. The first-order valence-electron chi connectivity index (χ1n) is 7.40. The normalized spacial score (nSPS) is 12.9. The third kappa shape index (κ3) is 3.67. The van der Waals surface area contributed by atoms with Gasteiger partial charge in [-0.05, 0) is 50.6 Å². The van der Waals surface area contributed by atoms with E-state index < -0.39 is 0 Å². The molecule has 21 heavy (non-hydrogen) atoms. The third-order valence-electron chi connectivity index (χ3n) is 3.58. The fourth-order valence-electron chi connectivity index (χ4n) is 2.60. The number of halogens is 1. The highest BCUT2D eigenvalue weighted by atomic mass is 19.1. The van der Waals surface area contributed by atoms with E-state index in [1.165, 1.54) is 6.07 Å². The summed E-state index contributed by atoms with van der Waals surface area (Å²) in [7, 11) is 0. The number of rotatable bonds is 6. The van der Waals surface area contributed by atoms with Gasteiger partial charge >= 0.3 is 0 Å². The van der Waals surface area contributed by atoms with Crippen LogP contribution in [0.5, 0.6) is 0 Å². The SMILES string of the molecule is CCNC(Cc1ncnn1C(C)C)c1ccc(F)cc1C. The number of aryl methyl sites for hydroxylation is 1. The predicted octanol–water partition coefficient (Wildman–Crippen LogP) is 3.20. The van der Waals surface area contributed by atoms with Crippen LogP contribution in [0.4, 0.5) is 4.39 Å². The molecule has 0 amide bonds. The maximum absolute atomic E-state index is 13.3. The van der Waals surface area contributed by atoms with Gasteiger partial charge in [-0.25, -0.2) is 14.1 Å². The third-order valence-corrected chi connectivity index (χ3v) is 3.58. The van der Waals surface area contributed by atoms with Crippen LogP contribution < -0.4 is 5.32 Å². The largest absolute Gasteiger partial charge is 0.310 e. The van der Waals surface area contributed by atoms with Crippen LogP contribution in [-0.2, 0) is 6.42 Å². The van der Waals surface area contributed by atoms with Crippen molar-refractivity contribution in [2.24, 2.45) is 0 Å². The van der Waals surface area contributed by atoms with Crippen LogP contribution in [-0.4, -0.2) is 21.3 Å². The number of hydrogen-bond donors (Lipinski definition) is 1. The summed E-state index contributed by atoms with van der Waals surface area (Å²) < 4.78 is 15.2. The molecule has 0 aliphatic carbocycles. The van der Waals surface area contributed by atoms with Gasteiger partial charge in [-0.2, -0.15) is 5.10 Å². The van der Waals surface area contributed by atoms with Gasteiger partial charge in [0, 0.05) is 18.5 Å². The zero-order valence-electron chi connectivity index (χ0n) is 13.1. The predicted molar refractivity (Wildman–Crippen MR) is 81.7 cm³/mol. The summed E-state index contributed by atoms with van der Waals surface area (Å²) in [6.07, 6.45) is 2.33. The molecule has 4 nitrogen and oxygen atoms in total. The van der Waals surface area contributed by atoms with Gasteiger partial charge in [0.25, 0.3) is 0 Å². The molecule has 1 aromatic heterocycles. The molecule has 0 aliphatic rings. The van der Waals surface area contributed by atoms with E-state index in [4.69, 9.17) is 0 Å². The van der Waals surface area contributed by atoms with Crippen molar-refractivity contribution in [2.75, 3.05) is 6.54 Å². The second kappa shape index (κ2) is 6.80. The molecule has 0 aliphatic heterocycles. The lowest BCUT2D eigenvalue weighted by Crippen LogP contribution is -2.25. The molecule has 0 radical (unpaired) electrons. The van der Waals surface area contributed by atoms with E-state index in [2.05, 4.69) is 36.2 Å². The highest BCUT2D eigenvalue weighted by Crippen LogP contribution is 2.22. The molecule has 2 rings (SSSR count). The summed E-state index contributed by atoms with van der Waals surface area (Å²) in [5.74, 6) is 0.747. The fourth-order valence-corrected chi connectivity index (χ4v) is 2.60. The summed E-state index contributed by atoms with van der Waals surface area (Å²) in [6.45, 7) is 9.03. The van der Waals surface area contributed by atoms with Crippen LogP contribution in [0.25, 0.3) is 0 Å². The topological polar surface area (TPSA) is 42.7 Å². The van der Waals surface area contributed by atoms with Crippen LogP contribution in [0.2, 0.25) is 0 Å². The van der Waals surface area contributed by atoms with Crippen molar-refractivity contribution in [1.29, 1.82) is 0 Å². The first-order chi connectivity index (χ1) is 10.0. The molecule has 1 atom stereocenters. The molecule has 0 fully saturated rings. The summed E-state index contributed by atoms with van der Waals surface area (Å²) >= 11 is 0. The van der Waals surface area contributed by atoms with Gasteiger partial charge in [0.2, 0.25) is 0 Å². The van der Waals surface area contributed by atoms with Crippen molar-refractivity contribution >= 4 is 0 Å². The Morgan fingerprint density at radius 1 is 1.33 bits per heavy atom. The Morgan fingerprint density at radius 2 is 2.10 bits per heavy atom. The van der Waals surface area contributed by atoms with E-state index in [1.807, 2.05) is 17.7 Å². The van der Waals surface area contributed by atoms with Gasteiger partial charge in [-0.3, -0.25) is 0 Å². The van der Waals surface area contributed by atoms with Crippen molar-refractivity contribution in [1.82, 2.24) is 20.1 Å². The average Bonchev–Trinajstić information content (AvgIpc) is 2.86. The van der Waals surface area contributed by atoms with E-state index in [-0.39, 0.29) is 17.9 Å². The zero-order chi connectivity index (χ0) is 15.4.